The summed E-state index contributed by atoms with van der Waals surface area (Å²) in [5.74, 6) is 0.837. The number of rotatable bonds is 4. The Morgan fingerprint density at radius 3 is 2.55 bits per heavy atom. The molecule has 0 spiro atoms. The number of nitrogens with one attached hydrogen (secondary N) is 3. The number of anilines is 1. The Hall–Kier alpha value is -2.24. The number of nitrogens with zero attached hydrogens (tertiary/aromatic N) is 1. The molecule has 0 bridgehead atoms. The summed E-state index contributed by atoms with van der Waals surface area (Å²) in [4.78, 5) is 15.4. The van der Waals surface area contributed by atoms with Gasteiger partial charge in [-0.3, -0.25) is 10.3 Å². The van der Waals surface area contributed by atoms with Crippen LogP contribution in [0, 0.1) is 0 Å². The predicted octanol–water partition coefficient (Wildman–Crippen LogP) is 2.47. The van der Waals surface area contributed by atoms with Crippen LogP contribution in [0.3, 0.4) is 0 Å². The van der Waals surface area contributed by atoms with Crippen molar-refractivity contribution in [3.63, 3.8) is 0 Å². The third-order valence-electron chi connectivity index (χ3n) is 3.77. The second-order valence-electron chi connectivity index (χ2n) is 5.36. The van der Waals surface area contributed by atoms with Gasteiger partial charge < -0.3 is 15.4 Å². The van der Waals surface area contributed by atoms with Crippen LogP contribution in [0.1, 0.15) is 31.2 Å². The molecule has 3 N–H and O–H groups in total. The Labute approximate surface area is 131 Å². The minimum Gasteiger partial charge on any atom is -0.453 e. The highest BCUT2D eigenvalue weighted by molar-refractivity contribution is 5.84. The zero-order valence-electron chi connectivity index (χ0n) is 13.2. The molecule has 6 heteroatoms. The highest BCUT2D eigenvalue weighted by atomic mass is 16.5. The lowest BCUT2D eigenvalue weighted by molar-refractivity contribution is 0.187. The second-order valence-corrected chi connectivity index (χ2v) is 5.36. The van der Waals surface area contributed by atoms with E-state index in [-0.39, 0.29) is 0 Å². The minimum absolute atomic E-state index is 0.466. The van der Waals surface area contributed by atoms with E-state index in [0.29, 0.717) is 18.3 Å². The van der Waals surface area contributed by atoms with Gasteiger partial charge in [-0.15, -0.1) is 0 Å². The van der Waals surface area contributed by atoms with Crippen LogP contribution in [0.4, 0.5) is 10.5 Å². The van der Waals surface area contributed by atoms with Crippen molar-refractivity contribution in [2.75, 3.05) is 19.5 Å². The predicted molar refractivity (Wildman–Crippen MR) is 88.1 cm³/mol. The van der Waals surface area contributed by atoms with Crippen molar-refractivity contribution in [2.45, 2.75) is 38.3 Å². The Balaban J connectivity index is 1.81. The zero-order valence-corrected chi connectivity index (χ0v) is 13.2. The molecule has 0 heterocycles. The molecule has 2 rings (SSSR count). The standard InChI is InChI=1S/C16H24N4O2/c1-17-15(19-13-5-3-4-6-13)18-11-12-7-9-14(10-8-12)20-16(21)22-2/h7-10,13H,3-6,11H2,1-2H3,(H,20,21)(H2,17,18,19). The molecule has 0 atom stereocenters. The van der Waals surface area contributed by atoms with E-state index in [4.69, 9.17) is 0 Å². The van der Waals surface area contributed by atoms with E-state index in [1.807, 2.05) is 24.3 Å². The Kier molecular flexibility index (Phi) is 6.06. The summed E-state index contributed by atoms with van der Waals surface area (Å²) in [5, 5.41) is 9.38. The summed E-state index contributed by atoms with van der Waals surface area (Å²) in [6.07, 6.45) is 4.56. The lowest BCUT2D eigenvalue weighted by Crippen LogP contribution is -2.41. The third-order valence-corrected chi connectivity index (χ3v) is 3.77. The first-order valence-electron chi connectivity index (χ1n) is 7.62. The normalized spacial score (nSPS) is 15.5. The average Bonchev–Trinajstić information content (AvgIpc) is 3.05. The van der Waals surface area contributed by atoms with E-state index in [1.165, 1.54) is 32.8 Å². The number of amides is 1. The zero-order chi connectivity index (χ0) is 15.8. The van der Waals surface area contributed by atoms with E-state index in [1.54, 1.807) is 7.05 Å². The van der Waals surface area contributed by atoms with Crippen molar-refractivity contribution in [1.29, 1.82) is 0 Å². The van der Waals surface area contributed by atoms with Crippen LogP contribution < -0.4 is 16.0 Å². The van der Waals surface area contributed by atoms with Crippen LogP contribution in [0.2, 0.25) is 0 Å². The highest BCUT2D eigenvalue weighted by Crippen LogP contribution is 2.17. The molecule has 1 aromatic rings. The molecule has 1 aromatic carbocycles. The summed E-state index contributed by atoms with van der Waals surface area (Å²) in [7, 11) is 3.13. The van der Waals surface area contributed by atoms with Gasteiger partial charge in [0.1, 0.15) is 0 Å². The molecule has 120 valence electrons. The van der Waals surface area contributed by atoms with Crippen molar-refractivity contribution in [3.05, 3.63) is 29.8 Å². The summed E-state index contributed by atoms with van der Waals surface area (Å²) >= 11 is 0. The molecule has 22 heavy (non-hydrogen) atoms. The SMILES string of the molecule is CN=C(NCc1ccc(NC(=O)OC)cc1)NC1CCCC1. The lowest BCUT2D eigenvalue weighted by Gasteiger charge is -2.17. The molecule has 0 saturated heterocycles. The molecule has 1 fully saturated rings. The van der Waals surface area contributed by atoms with E-state index in [9.17, 15) is 4.79 Å². The van der Waals surface area contributed by atoms with E-state index >= 15 is 0 Å². The molecule has 0 aliphatic heterocycles. The molecule has 1 aliphatic rings. The van der Waals surface area contributed by atoms with Crippen molar-refractivity contribution in [3.8, 4) is 0 Å². The van der Waals surface area contributed by atoms with Crippen LogP contribution >= 0.6 is 0 Å². The third kappa shape index (κ3) is 4.95. The van der Waals surface area contributed by atoms with Crippen LogP contribution in [0.15, 0.2) is 29.3 Å². The topological polar surface area (TPSA) is 74.8 Å². The van der Waals surface area contributed by atoms with Crippen molar-refractivity contribution in [2.24, 2.45) is 4.99 Å². The van der Waals surface area contributed by atoms with Gasteiger partial charge in [-0.2, -0.15) is 0 Å². The van der Waals surface area contributed by atoms with E-state index < -0.39 is 6.09 Å². The largest absolute Gasteiger partial charge is 0.453 e. The van der Waals surface area contributed by atoms with Gasteiger partial charge in [0, 0.05) is 25.3 Å². The minimum atomic E-state index is -0.466. The summed E-state index contributed by atoms with van der Waals surface area (Å²) in [6.45, 7) is 0.685. The first-order valence-corrected chi connectivity index (χ1v) is 7.62. The van der Waals surface area contributed by atoms with Crippen molar-refractivity contribution in [1.82, 2.24) is 10.6 Å². The molecule has 1 amide bonds. The van der Waals surface area contributed by atoms with E-state index in [2.05, 4.69) is 25.7 Å². The summed E-state index contributed by atoms with van der Waals surface area (Å²) < 4.78 is 4.55. The molecule has 0 aromatic heterocycles. The fourth-order valence-electron chi connectivity index (χ4n) is 2.52. The van der Waals surface area contributed by atoms with Gasteiger partial charge in [0.15, 0.2) is 5.96 Å². The van der Waals surface area contributed by atoms with Gasteiger partial charge in [0.05, 0.1) is 7.11 Å². The number of carbonyl (C=O) groups is 1. The molecular formula is C16H24N4O2. The lowest BCUT2D eigenvalue weighted by atomic mass is 10.2. The highest BCUT2D eigenvalue weighted by Gasteiger charge is 2.15. The maximum absolute atomic E-state index is 11.1. The number of benzene rings is 1. The quantitative estimate of drug-likeness (QED) is 0.590. The van der Waals surface area contributed by atoms with Gasteiger partial charge in [-0.1, -0.05) is 25.0 Å². The smallest absolute Gasteiger partial charge is 0.411 e. The molecular weight excluding hydrogens is 280 g/mol. The monoisotopic (exact) mass is 304 g/mol. The van der Waals surface area contributed by atoms with Crippen molar-refractivity contribution >= 4 is 17.7 Å². The molecule has 1 aliphatic carbocycles. The Morgan fingerprint density at radius 1 is 1.27 bits per heavy atom. The number of aliphatic imine (C=N–C) groups is 1. The van der Waals surface area contributed by atoms with Gasteiger partial charge in [0.2, 0.25) is 0 Å². The number of hydrogen-bond donors (Lipinski definition) is 3. The molecule has 0 unspecified atom stereocenters. The van der Waals surface area contributed by atoms with Crippen LogP contribution in [-0.4, -0.2) is 32.3 Å². The first-order chi connectivity index (χ1) is 10.7. The maximum atomic E-state index is 11.1. The Bertz CT molecular complexity index is 507. The summed E-state index contributed by atoms with van der Waals surface area (Å²) in [6, 6.07) is 8.16. The number of hydrogen-bond acceptors (Lipinski definition) is 3. The first kappa shape index (κ1) is 16.1. The fourth-order valence-corrected chi connectivity index (χ4v) is 2.52. The number of ether oxygens (including phenoxy) is 1. The van der Waals surface area contributed by atoms with Crippen LogP contribution in [-0.2, 0) is 11.3 Å². The van der Waals surface area contributed by atoms with Gasteiger partial charge in [-0.05, 0) is 30.5 Å². The number of carbonyl (C=O) groups excluding carboxylic acids is 1. The summed E-state index contributed by atoms with van der Waals surface area (Å²) in [5.41, 5.74) is 1.83. The van der Waals surface area contributed by atoms with Crippen LogP contribution in [0.25, 0.3) is 0 Å². The van der Waals surface area contributed by atoms with Crippen LogP contribution in [0.5, 0.6) is 0 Å². The fraction of sp³-hybridized carbons (Fsp3) is 0.500. The van der Waals surface area contributed by atoms with Gasteiger partial charge in [-0.25, -0.2) is 4.79 Å². The second kappa shape index (κ2) is 8.26. The molecule has 1 saturated carbocycles. The molecule has 6 nitrogen and oxygen atoms in total. The number of methoxy groups -OCH3 is 1. The van der Waals surface area contributed by atoms with E-state index in [0.717, 1.165) is 11.5 Å². The Morgan fingerprint density at radius 2 is 1.95 bits per heavy atom. The maximum Gasteiger partial charge on any atom is 0.411 e. The van der Waals surface area contributed by atoms with Gasteiger partial charge >= 0.3 is 6.09 Å². The molecule has 0 radical (unpaired) electrons. The number of guanidine groups is 1. The van der Waals surface area contributed by atoms with Gasteiger partial charge in [0.25, 0.3) is 0 Å². The van der Waals surface area contributed by atoms with Crippen molar-refractivity contribution < 1.29 is 9.53 Å². The average molecular weight is 304 g/mol.